The lowest BCUT2D eigenvalue weighted by Gasteiger charge is -2.34. The van der Waals surface area contributed by atoms with Crippen molar-refractivity contribution in [3.63, 3.8) is 0 Å². The molecular weight excluding hydrogens is 466 g/mol. The van der Waals surface area contributed by atoms with Crippen LogP contribution in [0.3, 0.4) is 0 Å². The summed E-state index contributed by atoms with van der Waals surface area (Å²) in [5.74, 6) is -0.392. The number of rotatable bonds is 6. The lowest BCUT2D eigenvalue weighted by atomic mass is 10.0. The number of hydrogen-bond donors (Lipinski definition) is 3. The molecule has 8 nitrogen and oxygen atoms in total. The lowest BCUT2D eigenvalue weighted by molar-refractivity contribution is -0.114. The number of carbonyl (C=O) groups is 2. The molecule has 1 fully saturated rings. The monoisotopic (exact) mass is 495 g/mol. The molecule has 0 saturated carbocycles. The van der Waals surface area contributed by atoms with Gasteiger partial charge < -0.3 is 25.2 Å². The minimum absolute atomic E-state index is 0.00920. The standard InChI is InChI=1S/C29H29N5O3/c1-19(35)31-23-5-3-4-20(16-23)28(36)21-6-11-25-26(29(37)32-27(25)17-21)18-30-22-7-9-24(10-8-22)34-14-12-33(2)13-15-34/h3-11,16-18,32,37H,12-15H2,1-2H3,(H,31,35). The van der Waals surface area contributed by atoms with E-state index in [1.54, 1.807) is 48.7 Å². The summed E-state index contributed by atoms with van der Waals surface area (Å²) in [5, 5.41) is 14.0. The number of benzene rings is 3. The summed E-state index contributed by atoms with van der Waals surface area (Å²) >= 11 is 0. The summed E-state index contributed by atoms with van der Waals surface area (Å²) in [7, 11) is 2.14. The van der Waals surface area contributed by atoms with Crippen LogP contribution in [0.4, 0.5) is 17.1 Å². The number of piperazine rings is 1. The molecule has 3 aromatic carbocycles. The van der Waals surface area contributed by atoms with E-state index in [4.69, 9.17) is 0 Å². The summed E-state index contributed by atoms with van der Waals surface area (Å²) in [6, 6.07) is 20.1. The molecule has 0 spiro atoms. The van der Waals surface area contributed by atoms with E-state index in [1.807, 2.05) is 12.1 Å². The summed E-state index contributed by atoms with van der Waals surface area (Å²) in [6.07, 6.45) is 1.64. The van der Waals surface area contributed by atoms with Crippen LogP contribution in [-0.4, -0.2) is 66.1 Å². The number of H-pyrrole nitrogens is 1. The molecular formula is C29H29N5O3. The largest absolute Gasteiger partial charge is 0.494 e. The summed E-state index contributed by atoms with van der Waals surface area (Å²) in [4.78, 5) is 36.6. The predicted octanol–water partition coefficient (Wildman–Crippen LogP) is 4.57. The van der Waals surface area contributed by atoms with Crippen LogP contribution in [-0.2, 0) is 4.79 Å². The molecule has 3 N–H and O–H groups in total. The maximum Gasteiger partial charge on any atom is 0.221 e. The van der Waals surface area contributed by atoms with E-state index in [9.17, 15) is 14.7 Å². The number of aliphatic imine (C=N–C) groups is 1. The van der Waals surface area contributed by atoms with Crippen LogP contribution in [0, 0.1) is 0 Å². The Balaban J connectivity index is 1.34. The van der Waals surface area contributed by atoms with Gasteiger partial charge in [0.1, 0.15) is 0 Å². The van der Waals surface area contributed by atoms with Crippen LogP contribution < -0.4 is 10.2 Å². The molecule has 1 saturated heterocycles. The molecule has 2 heterocycles. The Morgan fingerprint density at radius 1 is 0.973 bits per heavy atom. The third-order valence-corrected chi connectivity index (χ3v) is 6.59. The highest BCUT2D eigenvalue weighted by Crippen LogP contribution is 2.29. The first-order valence-electron chi connectivity index (χ1n) is 12.2. The van der Waals surface area contributed by atoms with Gasteiger partial charge in [0.25, 0.3) is 0 Å². The Hall–Kier alpha value is -4.43. The first-order valence-corrected chi connectivity index (χ1v) is 12.2. The highest BCUT2D eigenvalue weighted by Gasteiger charge is 2.16. The number of aromatic nitrogens is 1. The van der Waals surface area contributed by atoms with E-state index in [-0.39, 0.29) is 17.6 Å². The van der Waals surface area contributed by atoms with E-state index in [2.05, 4.69) is 44.3 Å². The summed E-state index contributed by atoms with van der Waals surface area (Å²) < 4.78 is 0. The van der Waals surface area contributed by atoms with Gasteiger partial charge >= 0.3 is 0 Å². The Bertz CT molecular complexity index is 1480. The smallest absolute Gasteiger partial charge is 0.221 e. The minimum Gasteiger partial charge on any atom is -0.494 e. The van der Waals surface area contributed by atoms with Gasteiger partial charge in [-0.05, 0) is 49.5 Å². The average molecular weight is 496 g/mol. The molecule has 0 atom stereocenters. The van der Waals surface area contributed by atoms with E-state index < -0.39 is 0 Å². The first kappa shape index (κ1) is 24.3. The normalized spacial score (nSPS) is 14.4. The van der Waals surface area contributed by atoms with Crippen LogP contribution >= 0.6 is 0 Å². The number of anilines is 2. The molecule has 37 heavy (non-hydrogen) atoms. The molecule has 1 amide bonds. The molecule has 188 valence electrons. The first-order chi connectivity index (χ1) is 17.9. The van der Waals surface area contributed by atoms with Crippen molar-refractivity contribution in [2.24, 2.45) is 4.99 Å². The van der Waals surface area contributed by atoms with Gasteiger partial charge in [0, 0.05) is 72.7 Å². The quantitative estimate of drug-likeness (QED) is 0.269. The van der Waals surface area contributed by atoms with Crippen LogP contribution in [0.2, 0.25) is 0 Å². The topological polar surface area (TPSA) is 101 Å². The van der Waals surface area contributed by atoms with Gasteiger partial charge in [-0.1, -0.05) is 24.3 Å². The number of ketones is 1. The van der Waals surface area contributed by atoms with Gasteiger partial charge in [-0.2, -0.15) is 0 Å². The highest BCUT2D eigenvalue weighted by atomic mass is 16.3. The van der Waals surface area contributed by atoms with Crippen molar-refractivity contribution in [2.75, 3.05) is 43.4 Å². The van der Waals surface area contributed by atoms with Crippen LogP contribution in [0.15, 0.2) is 71.7 Å². The van der Waals surface area contributed by atoms with Gasteiger partial charge in [0.15, 0.2) is 11.7 Å². The van der Waals surface area contributed by atoms with Crippen molar-refractivity contribution in [3.05, 3.63) is 83.4 Å². The molecule has 5 rings (SSSR count). The molecule has 0 unspecified atom stereocenters. The lowest BCUT2D eigenvalue weighted by Crippen LogP contribution is -2.44. The van der Waals surface area contributed by atoms with E-state index in [1.165, 1.54) is 12.6 Å². The van der Waals surface area contributed by atoms with Gasteiger partial charge in [-0.3, -0.25) is 14.6 Å². The van der Waals surface area contributed by atoms with Crippen LogP contribution in [0.5, 0.6) is 5.88 Å². The van der Waals surface area contributed by atoms with Crippen molar-refractivity contribution >= 4 is 45.9 Å². The predicted molar refractivity (Wildman–Crippen MR) is 148 cm³/mol. The zero-order valence-electron chi connectivity index (χ0n) is 20.9. The van der Waals surface area contributed by atoms with Crippen molar-refractivity contribution in [3.8, 4) is 5.88 Å². The van der Waals surface area contributed by atoms with Gasteiger partial charge in [0.2, 0.25) is 5.91 Å². The third kappa shape index (κ3) is 5.39. The van der Waals surface area contributed by atoms with E-state index in [0.717, 1.165) is 37.3 Å². The van der Waals surface area contributed by atoms with Crippen molar-refractivity contribution < 1.29 is 14.7 Å². The van der Waals surface area contributed by atoms with Crippen molar-refractivity contribution in [1.82, 2.24) is 9.88 Å². The average Bonchev–Trinajstić information content (AvgIpc) is 3.21. The fourth-order valence-corrected chi connectivity index (χ4v) is 4.54. The number of carbonyl (C=O) groups excluding carboxylic acids is 2. The second-order valence-corrected chi connectivity index (χ2v) is 9.30. The molecule has 4 aromatic rings. The Morgan fingerprint density at radius 3 is 2.43 bits per heavy atom. The Labute approximate surface area is 215 Å². The van der Waals surface area contributed by atoms with Gasteiger partial charge in [-0.25, -0.2) is 0 Å². The van der Waals surface area contributed by atoms with Crippen LogP contribution in [0.25, 0.3) is 10.9 Å². The fourth-order valence-electron chi connectivity index (χ4n) is 4.54. The van der Waals surface area contributed by atoms with E-state index >= 15 is 0 Å². The Kier molecular flexibility index (Phi) is 6.74. The minimum atomic E-state index is -0.201. The molecule has 1 aromatic heterocycles. The zero-order valence-corrected chi connectivity index (χ0v) is 20.9. The summed E-state index contributed by atoms with van der Waals surface area (Å²) in [5.41, 5.74) is 4.66. The number of aromatic hydroxyl groups is 1. The molecule has 0 aliphatic carbocycles. The molecule has 8 heteroatoms. The van der Waals surface area contributed by atoms with Crippen LogP contribution in [0.1, 0.15) is 28.4 Å². The molecule has 1 aliphatic heterocycles. The zero-order chi connectivity index (χ0) is 25.9. The maximum absolute atomic E-state index is 13.1. The number of amides is 1. The number of nitrogens with one attached hydrogen (secondary N) is 2. The second kappa shape index (κ2) is 10.3. The van der Waals surface area contributed by atoms with Crippen molar-refractivity contribution in [2.45, 2.75) is 6.92 Å². The Morgan fingerprint density at radius 2 is 1.70 bits per heavy atom. The fraction of sp³-hybridized carbons (Fsp3) is 0.207. The number of likely N-dealkylation sites (N-methyl/N-ethyl adjacent to an activating group) is 1. The number of hydrogen-bond acceptors (Lipinski definition) is 6. The second-order valence-electron chi connectivity index (χ2n) is 9.30. The molecule has 0 radical (unpaired) electrons. The van der Waals surface area contributed by atoms with Crippen molar-refractivity contribution in [1.29, 1.82) is 0 Å². The highest BCUT2D eigenvalue weighted by molar-refractivity contribution is 6.12. The van der Waals surface area contributed by atoms with Gasteiger partial charge in [-0.15, -0.1) is 0 Å². The SMILES string of the molecule is CC(=O)Nc1cccc(C(=O)c2ccc3c(C=Nc4ccc(N5CCN(C)CC5)cc4)c(O)[nH]c3c2)c1. The van der Waals surface area contributed by atoms with Gasteiger partial charge in [0.05, 0.1) is 11.3 Å². The number of fused-ring (bicyclic) bond motifs is 1. The summed E-state index contributed by atoms with van der Waals surface area (Å²) in [6.45, 7) is 5.54. The maximum atomic E-state index is 13.1. The molecule has 0 bridgehead atoms. The third-order valence-electron chi connectivity index (χ3n) is 6.59. The number of aromatic amines is 1. The number of nitrogens with zero attached hydrogens (tertiary/aromatic N) is 3. The van der Waals surface area contributed by atoms with E-state index in [0.29, 0.717) is 27.9 Å². The molecule has 1 aliphatic rings.